The molecular formula is C30H35N5O5S. The Morgan fingerprint density at radius 3 is 2.32 bits per heavy atom. The minimum atomic E-state index is -0.586. The number of nitrogens with zero attached hydrogens (tertiary/aromatic N) is 1. The predicted octanol–water partition coefficient (Wildman–Crippen LogP) is 4.99. The van der Waals surface area contributed by atoms with Gasteiger partial charge in [0.25, 0.3) is 5.91 Å². The summed E-state index contributed by atoms with van der Waals surface area (Å²) in [4.78, 5) is 52.8. The molecule has 0 spiro atoms. The first kappa shape index (κ1) is 29.8. The average Bonchev–Trinajstić information content (AvgIpc) is 3.27. The van der Waals surface area contributed by atoms with Crippen LogP contribution in [0.2, 0.25) is 0 Å². The molecule has 11 heteroatoms. The number of thiophene rings is 1. The Balaban J connectivity index is 1.33. The number of nitrogens with one attached hydrogen (secondary N) is 3. The highest BCUT2D eigenvalue weighted by atomic mass is 32.1. The molecule has 0 saturated carbocycles. The van der Waals surface area contributed by atoms with Gasteiger partial charge in [0.15, 0.2) is 5.78 Å². The van der Waals surface area contributed by atoms with Crippen molar-refractivity contribution in [2.45, 2.75) is 45.8 Å². The van der Waals surface area contributed by atoms with E-state index in [4.69, 9.17) is 10.5 Å². The molecule has 0 aliphatic carbocycles. The van der Waals surface area contributed by atoms with Crippen molar-refractivity contribution in [3.05, 3.63) is 81.7 Å². The standard InChI is InChI=1S/C30H35N5O5S/c1-30(2,3)40-29(39)32-15-7-16-35-17-14-22-23(18-35)41-27(24(22)26(31)37)34-28(38)33-21-12-10-20(11-13-21)25(36)19-8-5-4-6-9-19/h4-6,8-13H,7,14-18H2,1-3H3,(H2,31,37)(H,32,39)(H2,33,34,38). The maximum absolute atomic E-state index is 12.8. The number of ketones is 1. The summed E-state index contributed by atoms with van der Waals surface area (Å²) in [6.07, 6.45) is 0.934. The van der Waals surface area contributed by atoms with Crippen molar-refractivity contribution in [3.8, 4) is 0 Å². The average molecular weight is 578 g/mol. The molecule has 4 rings (SSSR count). The summed E-state index contributed by atoms with van der Waals surface area (Å²) in [5, 5.41) is 8.70. The largest absolute Gasteiger partial charge is 0.444 e. The minimum Gasteiger partial charge on any atom is -0.444 e. The van der Waals surface area contributed by atoms with Gasteiger partial charge in [-0.25, -0.2) is 9.59 Å². The van der Waals surface area contributed by atoms with Gasteiger partial charge in [-0.05, 0) is 63.4 Å². The molecule has 0 saturated heterocycles. The Bertz CT molecular complexity index is 1410. The van der Waals surface area contributed by atoms with Crippen LogP contribution in [-0.2, 0) is 17.7 Å². The number of amides is 4. The molecule has 5 N–H and O–H groups in total. The lowest BCUT2D eigenvalue weighted by Crippen LogP contribution is -2.36. The van der Waals surface area contributed by atoms with Gasteiger partial charge in [-0.3, -0.25) is 19.8 Å². The van der Waals surface area contributed by atoms with Crippen molar-refractivity contribution in [2.75, 3.05) is 30.3 Å². The summed E-state index contributed by atoms with van der Waals surface area (Å²) in [5.74, 6) is -0.693. The second kappa shape index (κ2) is 13.0. The van der Waals surface area contributed by atoms with Crippen LogP contribution in [-0.4, -0.2) is 54.0 Å². The Morgan fingerprint density at radius 1 is 0.976 bits per heavy atom. The molecule has 41 heavy (non-hydrogen) atoms. The maximum Gasteiger partial charge on any atom is 0.407 e. The first-order valence-corrected chi connectivity index (χ1v) is 14.2. The molecule has 0 atom stereocenters. The summed E-state index contributed by atoms with van der Waals surface area (Å²) in [6.45, 7) is 8.05. The number of hydrogen-bond acceptors (Lipinski definition) is 7. The molecule has 1 aromatic heterocycles. The number of benzene rings is 2. The number of anilines is 2. The number of rotatable bonds is 9. The first-order valence-electron chi connectivity index (χ1n) is 13.4. The van der Waals surface area contributed by atoms with Gasteiger partial charge in [-0.2, -0.15) is 0 Å². The Morgan fingerprint density at radius 2 is 1.66 bits per heavy atom. The Kier molecular flexibility index (Phi) is 9.41. The van der Waals surface area contributed by atoms with Gasteiger partial charge in [-0.1, -0.05) is 30.3 Å². The van der Waals surface area contributed by atoms with Gasteiger partial charge < -0.3 is 21.1 Å². The van der Waals surface area contributed by atoms with E-state index in [2.05, 4.69) is 20.9 Å². The van der Waals surface area contributed by atoms with Crippen molar-refractivity contribution in [3.63, 3.8) is 0 Å². The molecule has 1 aliphatic rings. The monoisotopic (exact) mass is 577 g/mol. The van der Waals surface area contributed by atoms with Gasteiger partial charge in [0, 0.05) is 47.9 Å². The van der Waals surface area contributed by atoms with E-state index < -0.39 is 23.6 Å². The second-order valence-corrected chi connectivity index (χ2v) is 11.8. The molecule has 2 aromatic carbocycles. The number of urea groups is 1. The van der Waals surface area contributed by atoms with Gasteiger partial charge in [0.1, 0.15) is 10.6 Å². The number of alkyl carbamates (subject to hydrolysis) is 1. The van der Waals surface area contributed by atoms with Crippen LogP contribution in [0.4, 0.5) is 20.3 Å². The number of carbonyl (C=O) groups is 4. The molecule has 1 aliphatic heterocycles. The van der Waals surface area contributed by atoms with E-state index >= 15 is 0 Å². The van der Waals surface area contributed by atoms with E-state index in [1.807, 2.05) is 26.8 Å². The van der Waals surface area contributed by atoms with E-state index in [0.29, 0.717) is 46.9 Å². The lowest BCUT2D eigenvalue weighted by Gasteiger charge is -2.27. The molecule has 216 valence electrons. The topological polar surface area (TPSA) is 143 Å². The zero-order valence-corrected chi connectivity index (χ0v) is 24.2. The van der Waals surface area contributed by atoms with Crippen LogP contribution in [0.1, 0.15) is 63.9 Å². The molecule has 0 bridgehead atoms. The zero-order chi connectivity index (χ0) is 29.6. The van der Waals surface area contributed by atoms with E-state index in [9.17, 15) is 19.2 Å². The highest BCUT2D eigenvalue weighted by molar-refractivity contribution is 7.17. The van der Waals surface area contributed by atoms with Crippen LogP contribution in [0, 0.1) is 0 Å². The highest BCUT2D eigenvalue weighted by Crippen LogP contribution is 2.37. The Labute approximate surface area is 243 Å². The van der Waals surface area contributed by atoms with Crippen LogP contribution >= 0.6 is 11.3 Å². The fourth-order valence-corrected chi connectivity index (χ4v) is 5.82. The molecule has 3 aromatic rings. The summed E-state index contributed by atoms with van der Waals surface area (Å²) < 4.78 is 5.26. The SMILES string of the molecule is CC(C)(C)OC(=O)NCCCN1CCc2c(sc(NC(=O)Nc3ccc(C(=O)c4ccccc4)cc3)c2C(N)=O)C1. The number of carbonyl (C=O) groups excluding carboxylic acids is 4. The van der Waals surface area contributed by atoms with Crippen LogP contribution in [0.5, 0.6) is 0 Å². The predicted molar refractivity (Wildman–Crippen MR) is 160 cm³/mol. The van der Waals surface area contributed by atoms with Gasteiger partial charge in [-0.15, -0.1) is 11.3 Å². The molecule has 4 amide bonds. The number of ether oxygens (including phenoxy) is 1. The third-order valence-electron chi connectivity index (χ3n) is 6.37. The van der Waals surface area contributed by atoms with Crippen molar-refractivity contribution in [1.29, 1.82) is 0 Å². The lowest BCUT2D eigenvalue weighted by molar-refractivity contribution is 0.0525. The van der Waals surface area contributed by atoms with Crippen LogP contribution < -0.4 is 21.7 Å². The third-order valence-corrected chi connectivity index (χ3v) is 7.50. The molecular weight excluding hydrogens is 542 g/mol. The maximum atomic E-state index is 12.8. The van der Waals surface area contributed by atoms with Gasteiger partial charge >= 0.3 is 12.1 Å². The van der Waals surface area contributed by atoms with E-state index in [1.165, 1.54) is 11.3 Å². The van der Waals surface area contributed by atoms with Crippen molar-refractivity contribution in [1.82, 2.24) is 10.2 Å². The smallest absolute Gasteiger partial charge is 0.407 e. The fraction of sp³-hybridized carbons (Fsp3) is 0.333. The number of primary amides is 1. The fourth-order valence-electron chi connectivity index (χ4n) is 4.53. The quantitative estimate of drug-likeness (QED) is 0.208. The molecule has 2 heterocycles. The van der Waals surface area contributed by atoms with Crippen molar-refractivity contribution < 1.29 is 23.9 Å². The Hall–Kier alpha value is -4.22. The molecule has 0 fully saturated rings. The van der Waals surface area contributed by atoms with Crippen molar-refractivity contribution >= 4 is 45.8 Å². The zero-order valence-electron chi connectivity index (χ0n) is 23.4. The summed E-state index contributed by atoms with van der Waals surface area (Å²) in [7, 11) is 0. The van der Waals surface area contributed by atoms with Crippen molar-refractivity contribution in [2.24, 2.45) is 5.73 Å². The number of fused-ring (bicyclic) bond motifs is 1. The first-order chi connectivity index (χ1) is 19.5. The van der Waals surface area contributed by atoms with Crippen LogP contribution in [0.25, 0.3) is 0 Å². The lowest BCUT2D eigenvalue weighted by atomic mass is 10.0. The van der Waals surface area contributed by atoms with E-state index in [-0.39, 0.29) is 5.78 Å². The normalized spacial score (nSPS) is 13.1. The summed E-state index contributed by atoms with van der Waals surface area (Å²) in [5.41, 5.74) is 7.97. The molecule has 10 nitrogen and oxygen atoms in total. The molecule has 0 unspecified atom stereocenters. The van der Waals surface area contributed by atoms with Gasteiger partial charge in [0.05, 0.1) is 5.56 Å². The second-order valence-electron chi connectivity index (χ2n) is 10.7. The van der Waals surface area contributed by atoms with Crippen LogP contribution in [0.3, 0.4) is 0 Å². The van der Waals surface area contributed by atoms with E-state index in [1.54, 1.807) is 48.5 Å². The number of hydrogen-bond donors (Lipinski definition) is 4. The number of nitrogens with two attached hydrogens (primary N) is 1. The molecule has 0 radical (unpaired) electrons. The summed E-state index contributed by atoms with van der Waals surface area (Å²) in [6, 6.07) is 15.1. The van der Waals surface area contributed by atoms with Crippen LogP contribution in [0.15, 0.2) is 54.6 Å². The minimum absolute atomic E-state index is 0.106. The van der Waals surface area contributed by atoms with E-state index in [0.717, 1.165) is 30.0 Å². The third kappa shape index (κ3) is 8.15. The van der Waals surface area contributed by atoms with Gasteiger partial charge in [0.2, 0.25) is 0 Å². The summed E-state index contributed by atoms with van der Waals surface area (Å²) >= 11 is 1.34. The highest BCUT2D eigenvalue weighted by Gasteiger charge is 2.27.